The second-order valence-corrected chi connectivity index (χ2v) is 6.69. The molecule has 128 valence electrons. The van der Waals surface area contributed by atoms with Crippen molar-refractivity contribution in [2.45, 2.75) is 10.1 Å². The van der Waals surface area contributed by atoms with E-state index in [9.17, 15) is 4.79 Å². The lowest BCUT2D eigenvalue weighted by atomic mass is 10.3. The highest BCUT2D eigenvalue weighted by Gasteiger charge is 2.10. The van der Waals surface area contributed by atoms with Crippen LogP contribution in [-0.2, 0) is 7.05 Å². The topological polar surface area (TPSA) is 72.7 Å². The number of hydrogen-bond acceptors (Lipinski definition) is 5. The summed E-state index contributed by atoms with van der Waals surface area (Å²) >= 11 is 1.56. The number of carbonyl (C=O) groups excluding carboxylic acids is 1. The van der Waals surface area contributed by atoms with Gasteiger partial charge in [-0.15, -0.1) is 0 Å². The molecule has 2 aromatic carbocycles. The maximum atomic E-state index is 12.4. The van der Waals surface area contributed by atoms with Gasteiger partial charge in [0, 0.05) is 30.0 Å². The van der Waals surface area contributed by atoms with Crippen molar-refractivity contribution in [2.24, 2.45) is 7.05 Å². The van der Waals surface area contributed by atoms with Crippen LogP contribution in [0.2, 0.25) is 0 Å². The van der Waals surface area contributed by atoms with E-state index in [0.29, 0.717) is 11.2 Å². The van der Waals surface area contributed by atoms with E-state index in [4.69, 9.17) is 0 Å². The van der Waals surface area contributed by atoms with Crippen LogP contribution in [0.3, 0.4) is 0 Å². The molecule has 2 heterocycles. The number of hydrogen-bond donors (Lipinski definition) is 1. The molecule has 1 N–H and O–H groups in total. The summed E-state index contributed by atoms with van der Waals surface area (Å²) in [5.41, 5.74) is 2.45. The molecule has 0 radical (unpaired) electrons. The highest BCUT2D eigenvalue weighted by Crippen LogP contribution is 2.26. The number of imidazole rings is 1. The average molecular weight is 361 g/mol. The number of benzene rings is 2. The summed E-state index contributed by atoms with van der Waals surface area (Å²) < 4.78 is 1.96. The lowest BCUT2D eigenvalue weighted by Crippen LogP contribution is -2.14. The molecule has 6 nitrogen and oxygen atoms in total. The van der Waals surface area contributed by atoms with Gasteiger partial charge in [-0.2, -0.15) is 0 Å². The Hall–Kier alpha value is -3.19. The predicted octanol–water partition coefficient (Wildman–Crippen LogP) is 3.77. The summed E-state index contributed by atoms with van der Waals surface area (Å²) in [6.07, 6.45) is 5.16. The second kappa shape index (κ2) is 6.97. The lowest BCUT2D eigenvalue weighted by molar-refractivity contribution is 0.102. The van der Waals surface area contributed by atoms with Gasteiger partial charge < -0.3 is 9.88 Å². The fraction of sp³-hybridized carbons (Fsp3) is 0.0526. The summed E-state index contributed by atoms with van der Waals surface area (Å²) in [6.45, 7) is 0. The van der Waals surface area contributed by atoms with Crippen LogP contribution in [0.5, 0.6) is 0 Å². The summed E-state index contributed by atoms with van der Waals surface area (Å²) in [6, 6.07) is 15.1. The van der Waals surface area contributed by atoms with Crippen molar-refractivity contribution in [1.82, 2.24) is 19.5 Å². The first-order valence-electron chi connectivity index (χ1n) is 7.97. The zero-order valence-corrected chi connectivity index (χ0v) is 14.8. The van der Waals surface area contributed by atoms with Gasteiger partial charge in [0.2, 0.25) is 0 Å². The highest BCUT2D eigenvalue weighted by molar-refractivity contribution is 7.99. The third-order valence-electron chi connectivity index (χ3n) is 3.78. The number of aryl methyl sites for hydroxylation is 1. The van der Waals surface area contributed by atoms with Gasteiger partial charge in [-0.05, 0) is 36.4 Å². The number of nitrogens with one attached hydrogen (secondary N) is 1. The lowest BCUT2D eigenvalue weighted by Gasteiger charge is -2.07. The molecule has 26 heavy (non-hydrogen) atoms. The van der Waals surface area contributed by atoms with Gasteiger partial charge >= 0.3 is 0 Å². The van der Waals surface area contributed by atoms with Crippen LogP contribution in [0.15, 0.2) is 77.2 Å². The monoisotopic (exact) mass is 361 g/mol. The molecule has 4 aromatic rings. The van der Waals surface area contributed by atoms with Crippen LogP contribution in [0.25, 0.3) is 11.0 Å². The minimum Gasteiger partial charge on any atom is -0.329 e. The molecule has 0 aliphatic carbocycles. The average Bonchev–Trinajstić information content (AvgIpc) is 3.07. The van der Waals surface area contributed by atoms with E-state index in [1.165, 1.54) is 6.20 Å². The molecule has 0 spiro atoms. The van der Waals surface area contributed by atoms with Crippen LogP contribution >= 0.6 is 11.8 Å². The molecule has 0 bridgehead atoms. The third-order valence-corrected chi connectivity index (χ3v) is 4.86. The van der Waals surface area contributed by atoms with Crippen LogP contribution in [0.1, 0.15) is 10.5 Å². The molecular formula is C19H15N5OS. The standard InChI is InChI=1S/C19H15N5OS/c1-24-11-10-20-19(24)26-14-8-6-13(7-9-14)22-18(25)17-12-21-15-4-2-3-5-16(15)23-17/h2-12H,1H3,(H,22,25). The number of fused-ring (bicyclic) bond motifs is 1. The molecule has 1 amide bonds. The number of nitrogens with zero attached hydrogens (tertiary/aromatic N) is 4. The minimum atomic E-state index is -0.284. The van der Waals surface area contributed by atoms with Gasteiger partial charge in [0.05, 0.1) is 17.2 Å². The van der Waals surface area contributed by atoms with E-state index < -0.39 is 0 Å². The molecule has 0 saturated heterocycles. The van der Waals surface area contributed by atoms with E-state index >= 15 is 0 Å². The van der Waals surface area contributed by atoms with Gasteiger partial charge in [0.15, 0.2) is 5.16 Å². The Kier molecular flexibility index (Phi) is 4.37. The Balaban J connectivity index is 1.47. The largest absolute Gasteiger partial charge is 0.329 e. The van der Waals surface area contributed by atoms with Crippen LogP contribution in [0, 0.1) is 0 Å². The number of anilines is 1. The molecule has 0 fully saturated rings. The van der Waals surface area contributed by atoms with Crippen molar-refractivity contribution in [3.63, 3.8) is 0 Å². The van der Waals surface area contributed by atoms with Gasteiger partial charge in [-0.1, -0.05) is 23.9 Å². The zero-order chi connectivity index (χ0) is 17.9. The van der Waals surface area contributed by atoms with Gasteiger partial charge in [-0.3, -0.25) is 9.78 Å². The summed E-state index contributed by atoms with van der Waals surface area (Å²) in [5.74, 6) is -0.284. The predicted molar refractivity (Wildman–Crippen MR) is 101 cm³/mol. The number of amides is 1. The molecule has 0 saturated carbocycles. The first-order valence-corrected chi connectivity index (χ1v) is 8.79. The van der Waals surface area contributed by atoms with Crippen molar-refractivity contribution >= 4 is 34.4 Å². The Morgan fingerprint density at radius 3 is 2.54 bits per heavy atom. The first-order chi connectivity index (χ1) is 12.7. The maximum Gasteiger partial charge on any atom is 0.275 e. The molecule has 2 aromatic heterocycles. The smallest absolute Gasteiger partial charge is 0.275 e. The molecular weight excluding hydrogens is 346 g/mol. The molecule has 0 aliphatic rings. The van der Waals surface area contributed by atoms with Crippen LogP contribution in [-0.4, -0.2) is 25.4 Å². The highest BCUT2D eigenvalue weighted by atomic mass is 32.2. The van der Waals surface area contributed by atoms with E-state index in [2.05, 4.69) is 20.3 Å². The quantitative estimate of drug-likeness (QED) is 0.599. The van der Waals surface area contributed by atoms with Crippen molar-refractivity contribution in [3.05, 3.63) is 72.8 Å². The molecule has 0 aliphatic heterocycles. The molecule has 4 rings (SSSR count). The number of aromatic nitrogens is 4. The number of para-hydroxylation sites is 2. The number of carbonyl (C=O) groups is 1. The van der Waals surface area contributed by atoms with Crippen molar-refractivity contribution < 1.29 is 4.79 Å². The SMILES string of the molecule is Cn1ccnc1Sc1ccc(NC(=O)c2cnc3ccccc3n2)cc1. The normalized spacial score (nSPS) is 10.8. The number of rotatable bonds is 4. The Bertz CT molecular complexity index is 1070. The van der Waals surface area contributed by atoms with E-state index in [0.717, 1.165) is 15.6 Å². The summed E-state index contributed by atoms with van der Waals surface area (Å²) in [4.78, 5) is 26.4. The van der Waals surface area contributed by atoms with Gasteiger partial charge in [0.1, 0.15) is 5.69 Å². The maximum absolute atomic E-state index is 12.4. The Labute approximate surface area is 154 Å². The van der Waals surface area contributed by atoms with Crippen molar-refractivity contribution in [2.75, 3.05) is 5.32 Å². The fourth-order valence-electron chi connectivity index (χ4n) is 2.42. The first kappa shape index (κ1) is 16.3. The summed E-state index contributed by atoms with van der Waals surface area (Å²) in [7, 11) is 1.95. The van der Waals surface area contributed by atoms with E-state index in [-0.39, 0.29) is 11.6 Å². The van der Waals surface area contributed by atoms with Gasteiger partial charge in [0.25, 0.3) is 5.91 Å². The van der Waals surface area contributed by atoms with Gasteiger partial charge in [-0.25, -0.2) is 9.97 Å². The summed E-state index contributed by atoms with van der Waals surface area (Å²) in [5, 5.41) is 3.76. The van der Waals surface area contributed by atoms with Crippen LogP contribution in [0.4, 0.5) is 5.69 Å². The Morgan fingerprint density at radius 2 is 1.81 bits per heavy atom. The molecule has 7 heteroatoms. The molecule has 0 atom stereocenters. The third kappa shape index (κ3) is 3.43. The van der Waals surface area contributed by atoms with Crippen LogP contribution < -0.4 is 5.32 Å². The zero-order valence-electron chi connectivity index (χ0n) is 14.0. The van der Waals surface area contributed by atoms with Crippen molar-refractivity contribution in [1.29, 1.82) is 0 Å². The fourth-order valence-corrected chi connectivity index (χ4v) is 3.23. The Morgan fingerprint density at radius 1 is 1.04 bits per heavy atom. The van der Waals surface area contributed by atoms with E-state index in [1.54, 1.807) is 18.0 Å². The molecule has 0 unspecified atom stereocenters. The van der Waals surface area contributed by atoms with E-state index in [1.807, 2.05) is 66.3 Å². The second-order valence-electron chi connectivity index (χ2n) is 5.65. The minimum absolute atomic E-state index is 0.284. The van der Waals surface area contributed by atoms with Crippen molar-refractivity contribution in [3.8, 4) is 0 Å².